The van der Waals surface area contributed by atoms with Gasteiger partial charge >= 0.3 is 0 Å². The Bertz CT molecular complexity index is 1260. The molecule has 0 bridgehead atoms. The molecule has 0 unspecified atom stereocenters. The van der Waals surface area contributed by atoms with Gasteiger partial charge in [0.2, 0.25) is 5.56 Å². The number of hydrogen-bond acceptors (Lipinski definition) is 5. The summed E-state index contributed by atoms with van der Waals surface area (Å²) in [4.78, 5) is 34.0. The van der Waals surface area contributed by atoms with Crippen molar-refractivity contribution in [2.45, 2.75) is 25.4 Å². The van der Waals surface area contributed by atoms with Crippen molar-refractivity contribution in [3.05, 3.63) is 99.7 Å². The van der Waals surface area contributed by atoms with E-state index in [0.717, 1.165) is 30.6 Å². The van der Waals surface area contributed by atoms with Crippen LogP contribution in [0.25, 0.3) is 0 Å². The van der Waals surface area contributed by atoms with E-state index in [0.29, 0.717) is 17.4 Å². The highest BCUT2D eigenvalue weighted by molar-refractivity contribution is 7.14. The molecular formula is C24H23N5O2S. The lowest BCUT2D eigenvalue weighted by Crippen LogP contribution is -2.22. The fourth-order valence-electron chi connectivity index (χ4n) is 4.16. The maximum atomic E-state index is 12.9. The number of H-pyrrole nitrogens is 1. The Labute approximate surface area is 189 Å². The molecule has 4 aromatic rings. The van der Waals surface area contributed by atoms with E-state index in [2.05, 4.69) is 39.5 Å². The third-order valence-electron chi connectivity index (χ3n) is 5.69. The van der Waals surface area contributed by atoms with Gasteiger partial charge in [-0.25, -0.2) is 4.98 Å². The summed E-state index contributed by atoms with van der Waals surface area (Å²) in [5.41, 5.74) is 3.50. The molecule has 32 heavy (non-hydrogen) atoms. The summed E-state index contributed by atoms with van der Waals surface area (Å²) in [6, 6.07) is 17.5. The van der Waals surface area contributed by atoms with Crippen molar-refractivity contribution in [3.8, 4) is 0 Å². The number of nitrogens with one attached hydrogen (secondary N) is 2. The van der Waals surface area contributed by atoms with Crippen LogP contribution < -0.4 is 15.8 Å². The van der Waals surface area contributed by atoms with E-state index < -0.39 is 0 Å². The van der Waals surface area contributed by atoms with E-state index in [9.17, 15) is 9.59 Å². The van der Waals surface area contributed by atoms with Gasteiger partial charge in [0.25, 0.3) is 5.91 Å². The fourth-order valence-corrected chi connectivity index (χ4v) is 4.91. The molecule has 8 heteroatoms. The summed E-state index contributed by atoms with van der Waals surface area (Å²) in [6.07, 6.45) is 5.69. The smallest absolute Gasteiger partial charge is 0.274 e. The predicted molar refractivity (Wildman–Crippen MR) is 126 cm³/mol. The summed E-state index contributed by atoms with van der Waals surface area (Å²) < 4.78 is 1.85. The molecule has 1 aromatic carbocycles. The molecule has 1 amide bonds. The molecule has 0 saturated carbocycles. The number of pyridine rings is 1. The van der Waals surface area contributed by atoms with E-state index >= 15 is 0 Å². The Balaban J connectivity index is 1.29. The minimum absolute atomic E-state index is 0.146. The second kappa shape index (κ2) is 8.84. The zero-order valence-corrected chi connectivity index (χ0v) is 18.2. The molecule has 3 aromatic heterocycles. The zero-order chi connectivity index (χ0) is 21.9. The molecule has 4 heterocycles. The third-order valence-corrected chi connectivity index (χ3v) is 6.46. The molecule has 1 aliphatic rings. The van der Waals surface area contributed by atoms with Gasteiger partial charge in [-0.05, 0) is 42.7 Å². The molecule has 2 N–H and O–H groups in total. The third kappa shape index (κ3) is 4.22. The predicted octanol–water partition coefficient (Wildman–Crippen LogP) is 4.28. The Hall–Kier alpha value is -3.65. The maximum Gasteiger partial charge on any atom is 0.274 e. The zero-order valence-electron chi connectivity index (χ0n) is 17.4. The number of aromatic amines is 1. The second-order valence-corrected chi connectivity index (χ2v) is 8.66. The summed E-state index contributed by atoms with van der Waals surface area (Å²) in [6.45, 7) is 1.50. The number of benzene rings is 1. The monoisotopic (exact) mass is 445 g/mol. The summed E-state index contributed by atoms with van der Waals surface area (Å²) in [5, 5.41) is 5.59. The van der Waals surface area contributed by atoms with Crippen LogP contribution >= 0.6 is 11.3 Å². The number of rotatable bonds is 6. The van der Waals surface area contributed by atoms with Crippen LogP contribution in [-0.4, -0.2) is 27.0 Å². The van der Waals surface area contributed by atoms with E-state index in [1.165, 1.54) is 23.1 Å². The average Bonchev–Trinajstić information content (AvgIpc) is 3.56. The number of aromatic nitrogens is 3. The molecule has 162 valence electrons. The van der Waals surface area contributed by atoms with Crippen LogP contribution in [0.3, 0.4) is 0 Å². The van der Waals surface area contributed by atoms with Crippen LogP contribution in [0.1, 0.15) is 40.6 Å². The van der Waals surface area contributed by atoms with Crippen LogP contribution in [0.15, 0.2) is 77.2 Å². The lowest BCUT2D eigenvalue weighted by molar-refractivity contribution is 0.101. The van der Waals surface area contributed by atoms with Gasteiger partial charge in [-0.15, -0.1) is 11.3 Å². The molecule has 7 nitrogen and oxygen atoms in total. The number of para-hydroxylation sites is 1. The molecule has 1 aliphatic heterocycles. The van der Waals surface area contributed by atoms with Crippen molar-refractivity contribution in [3.63, 3.8) is 0 Å². The minimum Gasteiger partial charge on any atom is -0.363 e. The number of nitrogens with zero attached hydrogens (tertiary/aromatic N) is 3. The number of thiazole rings is 1. The molecular weight excluding hydrogens is 422 g/mol. The first-order chi connectivity index (χ1) is 15.7. The van der Waals surface area contributed by atoms with Crippen LogP contribution in [0.2, 0.25) is 0 Å². The van der Waals surface area contributed by atoms with Gasteiger partial charge in [0.05, 0.1) is 11.7 Å². The van der Waals surface area contributed by atoms with E-state index in [4.69, 9.17) is 4.98 Å². The van der Waals surface area contributed by atoms with Crippen molar-refractivity contribution >= 4 is 28.1 Å². The summed E-state index contributed by atoms with van der Waals surface area (Å²) in [5.74, 6) is -0.202. The second-order valence-electron chi connectivity index (χ2n) is 7.80. The SMILES string of the molecule is O=C(Nc1nc([C@H]2CCCN2c2ccccc2)cs1)c1cccn1Cc1ccc(=O)[nH]c1. The van der Waals surface area contributed by atoms with Crippen molar-refractivity contribution in [2.75, 3.05) is 16.8 Å². The highest BCUT2D eigenvalue weighted by atomic mass is 32.1. The highest BCUT2D eigenvalue weighted by Gasteiger charge is 2.28. The van der Waals surface area contributed by atoms with Gasteiger partial charge in [-0.2, -0.15) is 0 Å². The lowest BCUT2D eigenvalue weighted by Gasteiger charge is -2.25. The van der Waals surface area contributed by atoms with Crippen LogP contribution in [0, 0.1) is 0 Å². The largest absolute Gasteiger partial charge is 0.363 e. The standard InChI is InChI=1S/C24H23N5O2S/c30-22-11-10-17(14-25-22)15-28-12-4-9-21(28)23(31)27-24-26-19(16-32-24)20-8-5-13-29(20)18-6-2-1-3-7-18/h1-4,6-7,9-12,14,16,20H,5,8,13,15H2,(H,25,30)(H,26,27,31)/t20-/m1/s1. The normalized spacial score (nSPS) is 15.8. The molecule has 0 spiro atoms. The first kappa shape index (κ1) is 20.3. The maximum absolute atomic E-state index is 12.9. The minimum atomic E-state index is -0.202. The highest BCUT2D eigenvalue weighted by Crippen LogP contribution is 2.37. The number of amides is 1. The molecule has 1 atom stereocenters. The van der Waals surface area contributed by atoms with Gasteiger partial charge < -0.3 is 14.5 Å². The Morgan fingerprint density at radius 3 is 2.84 bits per heavy atom. The molecule has 0 radical (unpaired) electrons. The summed E-state index contributed by atoms with van der Waals surface area (Å²) >= 11 is 1.45. The number of carbonyl (C=O) groups excluding carboxylic acids is 1. The van der Waals surface area contributed by atoms with Crippen molar-refractivity contribution in [2.24, 2.45) is 0 Å². The van der Waals surface area contributed by atoms with Crippen LogP contribution in [0.4, 0.5) is 10.8 Å². The first-order valence-corrected chi connectivity index (χ1v) is 11.5. The van der Waals surface area contributed by atoms with E-state index in [1.54, 1.807) is 18.3 Å². The van der Waals surface area contributed by atoms with Gasteiger partial charge in [0.1, 0.15) is 5.69 Å². The van der Waals surface area contributed by atoms with Gasteiger partial charge in [-0.1, -0.05) is 24.3 Å². The van der Waals surface area contributed by atoms with Crippen molar-refractivity contribution in [1.82, 2.24) is 14.5 Å². The fraction of sp³-hybridized carbons (Fsp3) is 0.208. The van der Waals surface area contributed by atoms with Gasteiger partial charge in [0.15, 0.2) is 5.13 Å². The van der Waals surface area contributed by atoms with Crippen LogP contribution in [0.5, 0.6) is 0 Å². The van der Waals surface area contributed by atoms with E-state index in [-0.39, 0.29) is 17.5 Å². The molecule has 5 rings (SSSR count). The number of anilines is 2. The lowest BCUT2D eigenvalue weighted by atomic mass is 10.1. The number of hydrogen-bond donors (Lipinski definition) is 2. The Morgan fingerprint density at radius 1 is 1.16 bits per heavy atom. The summed E-state index contributed by atoms with van der Waals surface area (Å²) in [7, 11) is 0. The first-order valence-electron chi connectivity index (χ1n) is 10.6. The topological polar surface area (TPSA) is 83.0 Å². The molecule has 0 aliphatic carbocycles. The van der Waals surface area contributed by atoms with Crippen molar-refractivity contribution < 1.29 is 4.79 Å². The quantitative estimate of drug-likeness (QED) is 0.464. The van der Waals surface area contributed by atoms with Crippen molar-refractivity contribution in [1.29, 1.82) is 0 Å². The Morgan fingerprint density at radius 2 is 2.03 bits per heavy atom. The van der Waals surface area contributed by atoms with Gasteiger partial charge in [-0.3, -0.25) is 14.9 Å². The Kier molecular flexibility index (Phi) is 5.60. The average molecular weight is 446 g/mol. The van der Waals surface area contributed by atoms with E-state index in [1.807, 2.05) is 28.3 Å². The number of carbonyl (C=O) groups is 1. The van der Waals surface area contributed by atoms with Gasteiger partial charge in [0, 0.05) is 42.6 Å². The molecule has 1 saturated heterocycles. The molecule has 1 fully saturated rings. The van der Waals surface area contributed by atoms with Crippen LogP contribution in [-0.2, 0) is 6.54 Å².